The summed E-state index contributed by atoms with van der Waals surface area (Å²) in [5, 5.41) is 13.5. The van der Waals surface area contributed by atoms with Crippen molar-refractivity contribution < 1.29 is 9.50 Å². The van der Waals surface area contributed by atoms with Crippen molar-refractivity contribution in [3.63, 3.8) is 0 Å². The smallest absolute Gasteiger partial charge is 0.166 e. The van der Waals surface area contributed by atoms with Crippen molar-refractivity contribution in [2.75, 3.05) is 6.54 Å². The Morgan fingerprint density at radius 2 is 2.29 bits per heavy atom. The second-order valence-corrected chi connectivity index (χ2v) is 5.05. The van der Waals surface area contributed by atoms with E-state index in [-0.39, 0.29) is 5.75 Å². The van der Waals surface area contributed by atoms with Gasteiger partial charge in [-0.15, -0.1) is 0 Å². The second kappa shape index (κ2) is 5.23. The lowest BCUT2D eigenvalue weighted by Crippen LogP contribution is -2.35. The Hall–Kier alpha value is -0.800. The maximum atomic E-state index is 13.4. The zero-order chi connectivity index (χ0) is 12.4. The van der Waals surface area contributed by atoms with Crippen molar-refractivity contribution in [2.24, 2.45) is 0 Å². The molecule has 1 aliphatic heterocycles. The van der Waals surface area contributed by atoms with Gasteiger partial charge in [-0.25, -0.2) is 4.39 Å². The number of phenols is 1. The highest BCUT2D eigenvalue weighted by Crippen LogP contribution is 2.32. The average Bonchev–Trinajstić information content (AvgIpc) is 2.33. The zero-order valence-electron chi connectivity index (χ0n) is 9.89. The highest BCUT2D eigenvalue weighted by atomic mass is 35.5. The molecule has 1 fully saturated rings. The summed E-state index contributed by atoms with van der Waals surface area (Å²) in [7, 11) is 0. The minimum atomic E-state index is -0.633. The number of aromatic hydroxyl groups is 1. The molecular weight excluding hydrogens is 241 g/mol. The quantitative estimate of drug-likeness (QED) is 0.853. The summed E-state index contributed by atoms with van der Waals surface area (Å²) in [6, 6.07) is 1.48. The number of piperidine rings is 1. The van der Waals surface area contributed by atoms with Crippen LogP contribution in [-0.2, 0) is 6.42 Å². The summed E-state index contributed by atoms with van der Waals surface area (Å²) in [4.78, 5) is 0. The normalized spacial score (nSPS) is 20.5. The van der Waals surface area contributed by atoms with E-state index in [2.05, 4.69) is 5.32 Å². The van der Waals surface area contributed by atoms with Crippen LogP contribution in [0.3, 0.4) is 0 Å². The molecule has 0 radical (unpaired) electrons. The van der Waals surface area contributed by atoms with E-state index in [9.17, 15) is 9.50 Å². The molecule has 1 unspecified atom stereocenters. The van der Waals surface area contributed by atoms with Gasteiger partial charge >= 0.3 is 0 Å². The Morgan fingerprint density at radius 3 is 2.94 bits per heavy atom. The molecule has 0 aromatic heterocycles. The van der Waals surface area contributed by atoms with Gasteiger partial charge in [-0.1, -0.05) is 18.0 Å². The zero-order valence-corrected chi connectivity index (χ0v) is 10.6. The van der Waals surface area contributed by atoms with Crippen LogP contribution in [0.1, 0.15) is 30.4 Å². The van der Waals surface area contributed by atoms with Gasteiger partial charge in [0.1, 0.15) is 0 Å². The lowest BCUT2D eigenvalue weighted by Gasteiger charge is -2.24. The lowest BCUT2D eigenvalue weighted by molar-refractivity contribution is 0.384. The molecule has 17 heavy (non-hydrogen) atoms. The predicted octanol–water partition coefficient (Wildman–Crippen LogP) is 3.18. The summed E-state index contributed by atoms with van der Waals surface area (Å²) in [5.74, 6) is -0.884. The summed E-state index contributed by atoms with van der Waals surface area (Å²) in [6.45, 7) is 2.81. The molecule has 0 saturated carbocycles. The van der Waals surface area contributed by atoms with Crippen LogP contribution in [0.2, 0.25) is 5.02 Å². The average molecular weight is 258 g/mol. The number of nitrogens with one attached hydrogen (secondary N) is 1. The highest BCUT2D eigenvalue weighted by Gasteiger charge is 2.19. The third-order valence-corrected chi connectivity index (χ3v) is 3.83. The Balaban J connectivity index is 2.24. The molecule has 1 heterocycles. The number of benzene rings is 1. The number of halogens is 2. The summed E-state index contributed by atoms with van der Waals surface area (Å²) in [5.41, 5.74) is 1.41. The van der Waals surface area contributed by atoms with Crippen LogP contribution in [0.15, 0.2) is 6.07 Å². The van der Waals surface area contributed by atoms with Gasteiger partial charge in [0.05, 0.1) is 0 Å². The van der Waals surface area contributed by atoms with Crippen LogP contribution < -0.4 is 5.32 Å². The first kappa shape index (κ1) is 12.7. The fourth-order valence-corrected chi connectivity index (χ4v) is 2.56. The molecule has 0 aliphatic carbocycles. The maximum Gasteiger partial charge on any atom is 0.166 e. The molecule has 2 N–H and O–H groups in total. The van der Waals surface area contributed by atoms with Crippen molar-refractivity contribution in [1.82, 2.24) is 5.32 Å². The van der Waals surface area contributed by atoms with E-state index in [1.54, 1.807) is 0 Å². The summed E-state index contributed by atoms with van der Waals surface area (Å²) < 4.78 is 13.4. The summed E-state index contributed by atoms with van der Waals surface area (Å²) in [6.07, 6.45) is 4.06. The molecular formula is C13H17ClFNO. The fraction of sp³-hybridized carbons (Fsp3) is 0.538. The van der Waals surface area contributed by atoms with Crippen molar-refractivity contribution >= 4 is 11.6 Å². The number of hydrogen-bond acceptors (Lipinski definition) is 2. The minimum Gasteiger partial charge on any atom is -0.505 e. The van der Waals surface area contributed by atoms with Crippen molar-refractivity contribution in [2.45, 2.75) is 38.6 Å². The number of phenolic OH excluding ortho intramolecular Hbond substituents is 1. The lowest BCUT2D eigenvalue weighted by atomic mass is 9.94. The molecule has 4 heteroatoms. The minimum absolute atomic E-state index is 0.251. The molecule has 2 nitrogen and oxygen atoms in total. The van der Waals surface area contributed by atoms with Crippen molar-refractivity contribution in [3.05, 3.63) is 28.0 Å². The standard InChI is InChI=1S/C13H17ClFNO/c1-8-10(6-9-4-2-3-5-16-9)13(17)12(15)7-11(8)14/h7,9,16-17H,2-6H2,1H3. The van der Waals surface area contributed by atoms with E-state index in [0.29, 0.717) is 23.0 Å². The molecule has 1 aliphatic rings. The van der Waals surface area contributed by atoms with E-state index in [4.69, 9.17) is 11.6 Å². The van der Waals surface area contributed by atoms with Gasteiger partial charge in [0.25, 0.3) is 0 Å². The molecule has 2 rings (SSSR count). The third kappa shape index (κ3) is 2.72. The third-order valence-electron chi connectivity index (χ3n) is 3.44. The van der Waals surface area contributed by atoms with Crippen molar-refractivity contribution in [3.8, 4) is 5.75 Å². The van der Waals surface area contributed by atoms with Gasteiger partial charge < -0.3 is 10.4 Å². The molecule has 0 bridgehead atoms. The van der Waals surface area contributed by atoms with Crippen LogP contribution in [0, 0.1) is 12.7 Å². The van der Waals surface area contributed by atoms with Crippen LogP contribution in [0.25, 0.3) is 0 Å². The fourth-order valence-electron chi connectivity index (χ4n) is 2.35. The van der Waals surface area contributed by atoms with Crippen LogP contribution >= 0.6 is 11.6 Å². The van der Waals surface area contributed by atoms with E-state index in [1.165, 1.54) is 18.9 Å². The van der Waals surface area contributed by atoms with Gasteiger partial charge in [0.15, 0.2) is 11.6 Å². The highest BCUT2D eigenvalue weighted by molar-refractivity contribution is 6.31. The maximum absolute atomic E-state index is 13.4. The van der Waals surface area contributed by atoms with Crippen LogP contribution in [-0.4, -0.2) is 17.7 Å². The summed E-state index contributed by atoms with van der Waals surface area (Å²) >= 11 is 5.94. The second-order valence-electron chi connectivity index (χ2n) is 4.64. The van der Waals surface area contributed by atoms with Gasteiger partial charge in [0, 0.05) is 16.6 Å². The van der Waals surface area contributed by atoms with Gasteiger partial charge in [-0.2, -0.15) is 0 Å². The first-order valence-corrected chi connectivity index (χ1v) is 6.37. The van der Waals surface area contributed by atoms with Gasteiger partial charge in [-0.3, -0.25) is 0 Å². The van der Waals surface area contributed by atoms with Crippen LogP contribution in [0.4, 0.5) is 4.39 Å². The Kier molecular flexibility index (Phi) is 3.89. The predicted molar refractivity (Wildman–Crippen MR) is 67.2 cm³/mol. The Bertz CT molecular complexity index is 390. The largest absolute Gasteiger partial charge is 0.505 e. The Morgan fingerprint density at radius 1 is 1.53 bits per heavy atom. The molecule has 94 valence electrons. The van der Waals surface area contributed by atoms with E-state index < -0.39 is 5.82 Å². The molecule has 0 amide bonds. The Labute approximate surface area is 106 Å². The molecule has 1 aromatic carbocycles. The topological polar surface area (TPSA) is 32.3 Å². The molecule has 1 saturated heterocycles. The molecule has 0 spiro atoms. The molecule has 1 aromatic rings. The van der Waals surface area contributed by atoms with E-state index in [0.717, 1.165) is 18.5 Å². The van der Waals surface area contributed by atoms with E-state index in [1.807, 2.05) is 6.92 Å². The van der Waals surface area contributed by atoms with Gasteiger partial charge in [-0.05, 0) is 44.4 Å². The number of hydrogen-bond donors (Lipinski definition) is 2. The first-order valence-electron chi connectivity index (χ1n) is 5.99. The first-order chi connectivity index (χ1) is 8.09. The SMILES string of the molecule is Cc1c(Cl)cc(F)c(O)c1CC1CCCCN1. The monoisotopic (exact) mass is 257 g/mol. The van der Waals surface area contributed by atoms with E-state index >= 15 is 0 Å². The van der Waals surface area contributed by atoms with Crippen LogP contribution in [0.5, 0.6) is 5.75 Å². The van der Waals surface area contributed by atoms with Crippen molar-refractivity contribution in [1.29, 1.82) is 0 Å². The van der Waals surface area contributed by atoms with Gasteiger partial charge in [0.2, 0.25) is 0 Å². The number of rotatable bonds is 2. The molecule has 1 atom stereocenters.